The highest BCUT2D eigenvalue weighted by atomic mass is 32.2. The van der Waals surface area contributed by atoms with E-state index in [4.69, 9.17) is 0 Å². The fourth-order valence-corrected chi connectivity index (χ4v) is 4.22. The first-order valence-electron chi connectivity index (χ1n) is 8.09. The molecule has 0 aliphatic rings. The second-order valence-corrected chi connectivity index (χ2v) is 7.83. The molecule has 0 radical (unpaired) electrons. The maximum absolute atomic E-state index is 12.5. The molecule has 0 aliphatic heterocycles. The maximum Gasteiger partial charge on any atom is 0.233 e. The molecule has 1 atom stereocenters. The van der Waals surface area contributed by atoms with E-state index in [0.29, 0.717) is 5.75 Å². The van der Waals surface area contributed by atoms with Gasteiger partial charge in [0.05, 0.1) is 17.5 Å². The molecular formula is C20H20N2OS2. The zero-order valence-electron chi connectivity index (χ0n) is 14.3. The Balaban J connectivity index is 1.58. The van der Waals surface area contributed by atoms with Crippen LogP contribution in [-0.4, -0.2) is 28.6 Å². The SMILES string of the molecule is CC(c1ccccc1)N(C)C(=O)CSc1nc(-c2ccccc2)cs1. The standard InChI is InChI=1S/C20H20N2OS2/c1-15(16-9-5-3-6-10-16)22(2)19(23)14-25-20-21-18(13-24-20)17-11-7-4-8-12-17/h3-13,15H,14H2,1-2H3. The van der Waals surface area contributed by atoms with Gasteiger partial charge < -0.3 is 4.90 Å². The number of aromatic nitrogens is 1. The Labute approximate surface area is 156 Å². The molecule has 1 aromatic heterocycles. The largest absolute Gasteiger partial charge is 0.338 e. The van der Waals surface area contributed by atoms with Crippen LogP contribution in [0.2, 0.25) is 0 Å². The van der Waals surface area contributed by atoms with Crippen molar-refractivity contribution in [1.82, 2.24) is 9.88 Å². The molecule has 3 nitrogen and oxygen atoms in total. The highest BCUT2D eigenvalue weighted by molar-refractivity contribution is 8.01. The predicted molar refractivity (Wildman–Crippen MR) is 106 cm³/mol. The molecule has 3 aromatic rings. The van der Waals surface area contributed by atoms with Gasteiger partial charge in [0.25, 0.3) is 0 Å². The molecule has 1 amide bonds. The lowest BCUT2D eigenvalue weighted by Crippen LogP contribution is -2.31. The van der Waals surface area contributed by atoms with Crippen LogP contribution in [0.4, 0.5) is 0 Å². The summed E-state index contributed by atoms with van der Waals surface area (Å²) in [4.78, 5) is 18.9. The fraction of sp³-hybridized carbons (Fsp3) is 0.200. The van der Waals surface area contributed by atoms with Gasteiger partial charge in [-0.2, -0.15) is 0 Å². The van der Waals surface area contributed by atoms with Crippen molar-refractivity contribution in [3.63, 3.8) is 0 Å². The fourth-order valence-electron chi connectivity index (χ4n) is 2.46. The number of carbonyl (C=O) groups excluding carboxylic acids is 1. The molecular weight excluding hydrogens is 348 g/mol. The number of carbonyl (C=O) groups is 1. The van der Waals surface area contributed by atoms with Gasteiger partial charge in [-0.15, -0.1) is 11.3 Å². The summed E-state index contributed by atoms with van der Waals surface area (Å²) < 4.78 is 0.924. The zero-order valence-corrected chi connectivity index (χ0v) is 15.9. The van der Waals surface area contributed by atoms with Crippen molar-refractivity contribution >= 4 is 29.0 Å². The first kappa shape index (κ1) is 17.7. The van der Waals surface area contributed by atoms with Crippen LogP contribution in [0.25, 0.3) is 11.3 Å². The Morgan fingerprint density at radius 2 is 1.76 bits per heavy atom. The number of benzene rings is 2. The maximum atomic E-state index is 12.5. The summed E-state index contributed by atoms with van der Waals surface area (Å²) in [5, 5.41) is 2.04. The highest BCUT2D eigenvalue weighted by Gasteiger charge is 2.18. The minimum Gasteiger partial charge on any atom is -0.338 e. The summed E-state index contributed by atoms with van der Waals surface area (Å²) in [6.45, 7) is 2.05. The van der Waals surface area contributed by atoms with Crippen LogP contribution in [0.3, 0.4) is 0 Å². The number of rotatable bonds is 6. The van der Waals surface area contributed by atoms with Crippen LogP contribution in [0, 0.1) is 0 Å². The normalized spacial score (nSPS) is 11.9. The van der Waals surface area contributed by atoms with Gasteiger partial charge in [0.15, 0.2) is 4.34 Å². The van der Waals surface area contributed by atoms with Gasteiger partial charge in [0.2, 0.25) is 5.91 Å². The summed E-state index contributed by atoms with van der Waals surface area (Å²) in [5.74, 6) is 0.507. The van der Waals surface area contributed by atoms with Crippen molar-refractivity contribution in [2.45, 2.75) is 17.3 Å². The van der Waals surface area contributed by atoms with Crippen LogP contribution in [-0.2, 0) is 4.79 Å². The number of hydrogen-bond acceptors (Lipinski definition) is 4. The van der Waals surface area contributed by atoms with Crippen LogP contribution in [0.15, 0.2) is 70.4 Å². The molecule has 5 heteroatoms. The number of amides is 1. The van der Waals surface area contributed by atoms with Crippen molar-refractivity contribution in [2.24, 2.45) is 0 Å². The number of thioether (sulfide) groups is 1. The minimum atomic E-state index is 0.0606. The Morgan fingerprint density at radius 3 is 2.44 bits per heavy atom. The average Bonchev–Trinajstić information content (AvgIpc) is 3.15. The predicted octanol–water partition coefficient (Wildman–Crippen LogP) is 5.12. The lowest BCUT2D eigenvalue weighted by molar-refractivity contribution is -0.128. The average molecular weight is 369 g/mol. The van der Waals surface area contributed by atoms with Gasteiger partial charge in [-0.25, -0.2) is 4.98 Å². The number of hydrogen-bond donors (Lipinski definition) is 0. The minimum absolute atomic E-state index is 0.0606. The molecule has 2 aromatic carbocycles. The third-order valence-electron chi connectivity index (χ3n) is 4.13. The zero-order chi connectivity index (χ0) is 17.6. The third kappa shape index (κ3) is 4.50. The Kier molecular flexibility index (Phi) is 5.89. The lowest BCUT2D eigenvalue weighted by atomic mass is 10.1. The molecule has 1 unspecified atom stereocenters. The third-order valence-corrected chi connectivity index (χ3v) is 6.13. The van der Waals surface area contributed by atoms with Crippen molar-refractivity contribution in [1.29, 1.82) is 0 Å². The summed E-state index contributed by atoms with van der Waals surface area (Å²) in [7, 11) is 1.86. The molecule has 0 saturated heterocycles. The van der Waals surface area contributed by atoms with Crippen LogP contribution < -0.4 is 0 Å². The van der Waals surface area contributed by atoms with E-state index >= 15 is 0 Å². The van der Waals surface area contributed by atoms with Crippen molar-refractivity contribution in [2.75, 3.05) is 12.8 Å². The van der Waals surface area contributed by atoms with Crippen molar-refractivity contribution in [3.8, 4) is 11.3 Å². The molecule has 25 heavy (non-hydrogen) atoms. The van der Waals surface area contributed by atoms with Crippen molar-refractivity contribution in [3.05, 3.63) is 71.6 Å². The first-order valence-corrected chi connectivity index (χ1v) is 9.96. The molecule has 3 rings (SSSR count). The first-order chi connectivity index (χ1) is 12.1. The molecule has 0 bridgehead atoms. The molecule has 1 heterocycles. The number of thiazole rings is 1. The van der Waals surface area contributed by atoms with E-state index in [1.54, 1.807) is 16.2 Å². The Hall–Kier alpha value is -2.11. The monoisotopic (exact) mass is 368 g/mol. The molecule has 0 aliphatic carbocycles. The van der Waals surface area contributed by atoms with Crippen LogP contribution in [0.5, 0.6) is 0 Å². The van der Waals surface area contributed by atoms with E-state index in [1.165, 1.54) is 11.8 Å². The van der Waals surface area contributed by atoms with Gasteiger partial charge >= 0.3 is 0 Å². The van der Waals surface area contributed by atoms with Crippen LogP contribution in [0.1, 0.15) is 18.5 Å². The Morgan fingerprint density at radius 1 is 1.12 bits per heavy atom. The smallest absolute Gasteiger partial charge is 0.233 e. The van der Waals surface area contributed by atoms with E-state index in [2.05, 4.69) is 24.0 Å². The van der Waals surface area contributed by atoms with E-state index in [-0.39, 0.29) is 11.9 Å². The molecule has 0 spiro atoms. The summed E-state index contributed by atoms with van der Waals surface area (Å²) in [6, 6.07) is 20.2. The molecule has 0 N–H and O–H groups in total. The summed E-state index contributed by atoms with van der Waals surface area (Å²) in [5.41, 5.74) is 3.21. The topological polar surface area (TPSA) is 33.2 Å². The molecule has 0 saturated carbocycles. The van der Waals surface area contributed by atoms with Gasteiger partial charge in [-0.05, 0) is 12.5 Å². The summed E-state index contributed by atoms with van der Waals surface area (Å²) in [6.07, 6.45) is 0. The molecule has 128 valence electrons. The highest BCUT2D eigenvalue weighted by Crippen LogP contribution is 2.29. The van der Waals surface area contributed by atoms with E-state index < -0.39 is 0 Å². The van der Waals surface area contributed by atoms with Gasteiger partial charge in [0.1, 0.15) is 0 Å². The van der Waals surface area contributed by atoms with E-state index in [9.17, 15) is 4.79 Å². The second kappa shape index (κ2) is 8.32. The van der Waals surface area contributed by atoms with Crippen molar-refractivity contribution < 1.29 is 4.79 Å². The van der Waals surface area contributed by atoms with Crippen LogP contribution >= 0.6 is 23.1 Å². The lowest BCUT2D eigenvalue weighted by Gasteiger charge is -2.25. The van der Waals surface area contributed by atoms with E-state index in [0.717, 1.165) is 21.2 Å². The van der Waals surface area contributed by atoms with E-state index in [1.807, 2.05) is 61.0 Å². The summed E-state index contributed by atoms with van der Waals surface area (Å²) >= 11 is 3.09. The second-order valence-electron chi connectivity index (χ2n) is 5.74. The van der Waals surface area contributed by atoms with Gasteiger partial charge in [-0.1, -0.05) is 72.4 Å². The number of nitrogens with zero attached hydrogens (tertiary/aromatic N) is 2. The quantitative estimate of drug-likeness (QED) is 0.566. The van der Waals surface area contributed by atoms with Gasteiger partial charge in [-0.3, -0.25) is 4.79 Å². The molecule has 0 fully saturated rings. The Bertz CT molecular complexity index is 818. The van der Waals surface area contributed by atoms with Gasteiger partial charge in [0, 0.05) is 18.0 Å².